The number of para-hydroxylation sites is 1. The smallest absolute Gasteiger partial charge is 0.173 e. The quantitative estimate of drug-likeness (QED) is 0.623. The second-order valence-electron chi connectivity index (χ2n) is 6.26. The first-order chi connectivity index (χ1) is 12.6. The Kier molecular flexibility index (Phi) is 6.27. The Bertz CT molecular complexity index is 773. The molecule has 1 N–H and O–H groups in total. The van der Waals surface area contributed by atoms with Crippen LogP contribution in [0.5, 0.6) is 5.75 Å². The van der Waals surface area contributed by atoms with E-state index in [1.54, 1.807) is 18.9 Å². The maximum Gasteiger partial charge on any atom is 0.173 e. The topological polar surface area (TPSA) is 27.7 Å². The van der Waals surface area contributed by atoms with Crippen LogP contribution < -0.4 is 15.0 Å². The summed E-state index contributed by atoms with van der Waals surface area (Å²) >= 11 is 7.44. The van der Waals surface area contributed by atoms with E-state index in [-0.39, 0.29) is 0 Å². The number of nitrogens with one attached hydrogen (secondary N) is 1. The van der Waals surface area contributed by atoms with Gasteiger partial charge in [0.05, 0.1) is 12.8 Å². The molecule has 0 amide bonds. The Morgan fingerprint density at radius 1 is 1.12 bits per heavy atom. The molecule has 4 nitrogen and oxygen atoms in total. The number of nitrogens with zero attached hydrogens (tertiary/aromatic N) is 2. The van der Waals surface area contributed by atoms with Crippen molar-refractivity contribution in [2.45, 2.75) is 11.8 Å². The molecule has 1 fully saturated rings. The van der Waals surface area contributed by atoms with Gasteiger partial charge in [-0.2, -0.15) is 0 Å². The van der Waals surface area contributed by atoms with Gasteiger partial charge in [-0.3, -0.25) is 0 Å². The van der Waals surface area contributed by atoms with Crippen molar-refractivity contribution in [1.29, 1.82) is 0 Å². The second kappa shape index (κ2) is 8.64. The molecule has 0 unspecified atom stereocenters. The Morgan fingerprint density at radius 2 is 1.85 bits per heavy atom. The molecule has 26 heavy (non-hydrogen) atoms. The fourth-order valence-corrected chi connectivity index (χ4v) is 4.05. The minimum Gasteiger partial charge on any atom is -0.497 e. The van der Waals surface area contributed by atoms with Crippen molar-refractivity contribution in [2.24, 2.45) is 0 Å². The molecule has 3 rings (SSSR count). The molecule has 2 aromatic carbocycles. The number of aryl methyl sites for hydroxylation is 1. The van der Waals surface area contributed by atoms with Gasteiger partial charge in [0, 0.05) is 36.8 Å². The number of thioether (sulfide) groups is 1. The molecule has 1 aliphatic rings. The first-order valence-electron chi connectivity index (χ1n) is 8.71. The van der Waals surface area contributed by atoms with Crippen LogP contribution in [0.25, 0.3) is 0 Å². The van der Waals surface area contributed by atoms with Crippen molar-refractivity contribution in [2.75, 3.05) is 49.8 Å². The largest absolute Gasteiger partial charge is 0.497 e. The number of hydrogen-bond acceptors (Lipinski definition) is 4. The van der Waals surface area contributed by atoms with E-state index in [1.807, 2.05) is 18.2 Å². The lowest BCUT2D eigenvalue weighted by molar-refractivity contribution is 0.390. The molecule has 138 valence electrons. The normalized spacial score (nSPS) is 14.3. The Hall–Kier alpha value is -1.92. The summed E-state index contributed by atoms with van der Waals surface area (Å²) in [7, 11) is 1.68. The summed E-state index contributed by atoms with van der Waals surface area (Å²) < 4.78 is 5.27. The van der Waals surface area contributed by atoms with E-state index >= 15 is 0 Å². The van der Waals surface area contributed by atoms with Gasteiger partial charge in [-0.25, -0.2) is 0 Å². The average molecular weight is 388 g/mol. The van der Waals surface area contributed by atoms with Crippen LogP contribution >= 0.6 is 24.0 Å². The molecule has 0 bridgehead atoms. The number of methoxy groups -OCH3 is 1. The number of rotatable bonds is 4. The molecule has 1 saturated heterocycles. The van der Waals surface area contributed by atoms with Crippen molar-refractivity contribution in [3.05, 3.63) is 48.0 Å². The molecule has 1 heterocycles. The van der Waals surface area contributed by atoms with Crippen molar-refractivity contribution in [3.8, 4) is 5.75 Å². The molecule has 0 spiro atoms. The van der Waals surface area contributed by atoms with Gasteiger partial charge in [0.1, 0.15) is 5.75 Å². The van der Waals surface area contributed by atoms with Gasteiger partial charge >= 0.3 is 0 Å². The fraction of sp³-hybridized carbons (Fsp3) is 0.350. The number of benzene rings is 2. The van der Waals surface area contributed by atoms with Crippen molar-refractivity contribution < 1.29 is 4.74 Å². The van der Waals surface area contributed by atoms with E-state index in [9.17, 15) is 0 Å². The van der Waals surface area contributed by atoms with E-state index in [4.69, 9.17) is 17.0 Å². The highest BCUT2D eigenvalue weighted by Crippen LogP contribution is 2.29. The maximum atomic E-state index is 5.64. The van der Waals surface area contributed by atoms with Crippen molar-refractivity contribution in [1.82, 2.24) is 4.90 Å². The third-order valence-corrected chi connectivity index (χ3v) is 5.81. The molecular formula is C20H25N3OS2. The zero-order valence-corrected chi connectivity index (χ0v) is 17.1. The third-order valence-electron chi connectivity index (χ3n) is 4.67. The third kappa shape index (κ3) is 4.24. The van der Waals surface area contributed by atoms with Crippen LogP contribution in [0.2, 0.25) is 0 Å². The number of ether oxygens (including phenoxy) is 1. The summed E-state index contributed by atoms with van der Waals surface area (Å²) in [5.74, 6) is 0.861. The summed E-state index contributed by atoms with van der Waals surface area (Å²) in [6, 6.07) is 14.6. The summed E-state index contributed by atoms with van der Waals surface area (Å²) in [5.41, 5.74) is 3.48. The highest BCUT2D eigenvalue weighted by atomic mass is 32.2. The van der Waals surface area contributed by atoms with Crippen molar-refractivity contribution >= 4 is 40.5 Å². The van der Waals surface area contributed by atoms with Crippen LogP contribution in [0.3, 0.4) is 0 Å². The summed E-state index contributed by atoms with van der Waals surface area (Å²) in [4.78, 5) is 6.02. The zero-order chi connectivity index (χ0) is 18.5. The Labute approximate surface area is 165 Å². The monoisotopic (exact) mass is 387 g/mol. The van der Waals surface area contributed by atoms with Gasteiger partial charge in [0.15, 0.2) is 5.11 Å². The molecule has 0 aromatic heterocycles. The molecule has 2 aromatic rings. The molecule has 0 aliphatic carbocycles. The Balaban J connectivity index is 1.60. The van der Waals surface area contributed by atoms with Crippen LogP contribution in [-0.2, 0) is 0 Å². The van der Waals surface area contributed by atoms with Crippen LogP contribution in [0.4, 0.5) is 11.4 Å². The number of anilines is 2. The molecule has 0 radical (unpaired) electrons. The first kappa shape index (κ1) is 18.9. The predicted octanol–water partition coefficient (Wildman–Crippen LogP) is 4.24. The minimum atomic E-state index is 0.788. The van der Waals surface area contributed by atoms with E-state index in [0.29, 0.717) is 0 Å². The molecule has 0 atom stereocenters. The maximum absolute atomic E-state index is 5.64. The highest BCUT2D eigenvalue weighted by Gasteiger charge is 2.21. The lowest BCUT2D eigenvalue weighted by Gasteiger charge is -2.38. The number of thiocarbonyl (C=S) groups is 1. The lowest BCUT2D eigenvalue weighted by Crippen LogP contribution is -2.50. The van der Waals surface area contributed by atoms with Gasteiger partial charge in [0.2, 0.25) is 0 Å². The van der Waals surface area contributed by atoms with Gasteiger partial charge in [-0.05, 0) is 61.3 Å². The standard InChI is InChI=1S/C20H25N3OS2/c1-15-14-16(24-2)8-9-17(15)21-20(25)23-12-10-22(11-13-23)18-6-4-5-7-19(18)26-3/h4-9,14H,10-13H2,1-3H3,(H,21,25). The van der Waals surface area contributed by atoms with Gasteiger partial charge in [-0.15, -0.1) is 11.8 Å². The summed E-state index contributed by atoms with van der Waals surface area (Å²) in [5, 5.41) is 4.18. The summed E-state index contributed by atoms with van der Waals surface area (Å²) in [6.07, 6.45) is 2.13. The van der Waals surface area contributed by atoms with Gasteiger partial charge in [0.25, 0.3) is 0 Å². The van der Waals surface area contributed by atoms with E-state index in [1.165, 1.54) is 10.6 Å². The highest BCUT2D eigenvalue weighted by molar-refractivity contribution is 7.98. The molecule has 1 aliphatic heterocycles. The van der Waals surface area contributed by atoms with Crippen LogP contribution in [0, 0.1) is 6.92 Å². The molecule has 6 heteroatoms. The molecule has 0 saturated carbocycles. The number of hydrogen-bond donors (Lipinski definition) is 1. The minimum absolute atomic E-state index is 0.788. The van der Waals surface area contributed by atoms with E-state index in [0.717, 1.165) is 48.3 Å². The van der Waals surface area contributed by atoms with Crippen LogP contribution in [0.1, 0.15) is 5.56 Å². The number of piperazine rings is 1. The van der Waals surface area contributed by atoms with Gasteiger partial charge < -0.3 is 19.9 Å². The first-order valence-corrected chi connectivity index (χ1v) is 10.3. The SMILES string of the molecule is COc1ccc(NC(=S)N2CCN(c3ccccc3SC)CC2)c(C)c1. The van der Waals surface area contributed by atoms with Crippen molar-refractivity contribution in [3.63, 3.8) is 0 Å². The second-order valence-corrected chi connectivity index (χ2v) is 7.49. The lowest BCUT2D eigenvalue weighted by atomic mass is 10.2. The Morgan fingerprint density at radius 3 is 2.50 bits per heavy atom. The average Bonchev–Trinajstić information content (AvgIpc) is 2.69. The van der Waals surface area contributed by atoms with Crippen LogP contribution in [0.15, 0.2) is 47.4 Å². The summed E-state index contributed by atoms with van der Waals surface area (Å²) in [6.45, 7) is 5.85. The predicted molar refractivity (Wildman–Crippen MR) is 116 cm³/mol. The fourth-order valence-electron chi connectivity index (χ4n) is 3.14. The van der Waals surface area contributed by atoms with E-state index < -0.39 is 0 Å². The van der Waals surface area contributed by atoms with Gasteiger partial charge in [-0.1, -0.05) is 12.1 Å². The van der Waals surface area contributed by atoms with E-state index in [2.05, 4.69) is 52.6 Å². The zero-order valence-electron chi connectivity index (χ0n) is 15.5. The van der Waals surface area contributed by atoms with Crippen LogP contribution in [-0.4, -0.2) is 49.6 Å². The molecular weight excluding hydrogens is 362 g/mol.